The third kappa shape index (κ3) is 2.09. The van der Waals surface area contributed by atoms with Crippen molar-refractivity contribution in [2.45, 2.75) is 37.2 Å². The van der Waals surface area contributed by atoms with Gasteiger partial charge >= 0.3 is 0 Å². The molecule has 1 aromatic heterocycles. The first kappa shape index (κ1) is 13.5. The number of ether oxygens (including phenoxy) is 1. The molecule has 0 saturated carbocycles. The van der Waals surface area contributed by atoms with E-state index in [0.29, 0.717) is 11.5 Å². The first-order chi connectivity index (χ1) is 9.61. The molecule has 0 aromatic carbocycles. The molecule has 0 amide bonds. The molecular formula is C11H16N4O5. The molecule has 0 aliphatic carbocycles. The molecule has 5 N–H and O–H groups in total. The van der Waals surface area contributed by atoms with Crippen molar-refractivity contribution in [2.24, 2.45) is 4.99 Å². The zero-order valence-corrected chi connectivity index (χ0v) is 10.5. The monoisotopic (exact) mass is 284 g/mol. The predicted octanol–water partition coefficient (Wildman–Crippen LogP) is -2.38. The van der Waals surface area contributed by atoms with Crippen molar-refractivity contribution in [1.82, 2.24) is 14.9 Å². The zero-order chi connectivity index (χ0) is 14.3. The van der Waals surface area contributed by atoms with Gasteiger partial charge < -0.3 is 30.5 Å². The lowest BCUT2D eigenvalue weighted by molar-refractivity contribution is -0.0519. The molecule has 1 saturated heterocycles. The van der Waals surface area contributed by atoms with Crippen LogP contribution in [0.25, 0.3) is 0 Å². The fourth-order valence-corrected chi connectivity index (χ4v) is 2.40. The highest BCUT2D eigenvalue weighted by molar-refractivity contribution is 5.62. The van der Waals surface area contributed by atoms with Crippen LogP contribution in [0.1, 0.15) is 11.9 Å². The van der Waals surface area contributed by atoms with E-state index in [9.17, 15) is 15.3 Å². The van der Waals surface area contributed by atoms with Crippen LogP contribution in [0.15, 0.2) is 11.3 Å². The van der Waals surface area contributed by atoms with E-state index in [0.717, 1.165) is 0 Å². The number of aliphatic hydroxyl groups excluding tert-OH is 4. The highest BCUT2D eigenvalue weighted by Crippen LogP contribution is 2.34. The lowest BCUT2D eigenvalue weighted by Crippen LogP contribution is -2.33. The summed E-state index contributed by atoms with van der Waals surface area (Å²) in [6.45, 7) is -0.394. The van der Waals surface area contributed by atoms with Crippen molar-refractivity contribution in [3.05, 3.63) is 12.0 Å². The maximum absolute atomic E-state index is 10.0. The number of hydrogen-bond acceptors (Lipinski definition) is 8. The molecule has 2 unspecified atom stereocenters. The Kier molecular flexibility index (Phi) is 3.44. The maximum Gasteiger partial charge on any atom is 0.165 e. The highest BCUT2D eigenvalue weighted by Gasteiger charge is 2.44. The highest BCUT2D eigenvalue weighted by atomic mass is 16.6. The third-order valence-corrected chi connectivity index (χ3v) is 3.47. The Bertz CT molecular complexity index is 519. The lowest BCUT2D eigenvalue weighted by atomic mass is 10.1. The number of nitrogens with zero attached hydrogens (tertiary/aromatic N) is 3. The van der Waals surface area contributed by atoms with Gasteiger partial charge in [-0.05, 0) is 0 Å². The maximum atomic E-state index is 10.0. The molecule has 2 aliphatic heterocycles. The van der Waals surface area contributed by atoms with Crippen LogP contribution in [0.4, 0.5) is 5.82 Å². The second kappa shape index (κ2) is 5.11. The van der Waals surface area contributed by atoms with Crippen LogP contribution >= 0.6 is 0 Å². The summed E-state index contributed by atoms with van der Waals surface area (Å²) in [7, 11) is 0. The van der Waals surface area contributed by atoms with E-state index in [2.05, 4.69) is 15.3 Å². The van der Waals surface area contributed by atoms with Crippen LogP contribution in [0.5, 0.6) is 0 Å². The van der Waals surface area contributed by atoms with Gasteiger partial charge in [-0.3, -0.25) is 4.57 Å². The van der Waals surface area contributed by atoms with Crippen LogP contribution in [0.2, 0.25) is 0 Å². The summed E-state index contributed by atoms with van der Waals surface area (Å²) in [6, 6.07) is 0. The van der Waals surface area contributed by atoms with Gasteiger partial charge in [0, 0.05) is 6.42 Å². The molecule has 5 atom stereocenters. The fraction of sp³-hybridized carbons (Fsp3) is 0.636. The Morgan fingerprint density at radius 2 is 2.15 bits per heavy atom. The minimum absolute atomic E-state index is 0.261. The van der Waals surface area contributed by atoms with E-state index in [1.54, 1.807) is 0 Å². The van der Waals surface area contributed by atoms with E-state index in [1.165, 1.54) is 17.2 Å². The smallest absolute Gasteiger partial charge is 0.165 e. The molecule has 3 rings (SSSR count). The van der Waals surface area contributed by atoms with Crippen molar-refractivity contribution in [3.63, 3.8) is 0 Å². The molecule has 1 fully saturated rings. The van der Waals surface area contributed by atoms with Gasteiger partial charge in [0.05, 0.1) is 25.0 Å². The molecule has 9 heteroatoms. The van der Waals surface area contributed by atoms with Gasteiger partial charge in [-0.15, -0.1) is 0 Å². The summed E-state index contributed by atoms with van der Waals surface area (Å²) in [5.74, 6) is 0.434. The Morgan fingerprint density at radius 3 is 2.85 bits per heavy atom. The molecule has 0 spiro atoms. The summed E-state index contributed by atoms with van der Waals surface area (Å²) < 4.78 is 6.91. The van der Waals surface area contributed by atoms with E-state index in [4.69, 9.17) is 9.84 Å². The fourth-order valence-electron chi connectivity index (χ4n) is 2.40. The number of rotatable bonds is 2. The summed E-state index contributed by atoms with van der Waals surface area (Å²) in [5, 5.41) is 41.1. The molecule has 110 valence electrons. The number of hydrogen-bond donors (Lipinski definition) is 5. The van der Waals surface area contributed by atoms with E-state index < -0.39 is 37.4 Å². The first-order valence-electron chi connectivity index (χ1n) is 6.26. The second-order valence-electron chi connectivity index (χ2n) is 4.80. The standard InChI is InChI=1S/C11H16N4O5/c16-2-6-8(18)9(19)11(20-6)15-4-14-5-1-7(17)12-3-13-10(5)15/h3-4,6-9,11,16-19H,1-2H2,(H,12,13)/t6-,7?,8+,9?,11-/m1/s1. The topological polar surface area (TPSA) is 132 Å². The SMILES string of the molecule is OC[C@H]1O[C@@H](n2cnc3c2N=CNC(O)C3)C(O)[C@H]1O. The summed E-state index contributed by atoms with van der Waals surface area (Å²) in [4.78, 5) is 8.26. The van der Waals surface area contributed by atoms with Crippen molar-refractivity contribution in [2.75, 3.05) is 6.61 Å². The molecule has 0 bridgehead atoms. The third-order valence-electron chi connectivity index (χ3n) is 3.47. The Morgan fingerprint density at radius 1 is 1.35 bits per heavy atom. The normalized spacial score (nSPS) is 36.5. The van der Waals surface area contributed by atoms with Crippen LogP contribution < -0.4 is 5.32 Å². The first-order valence-corrected chi connectivity index (χ1v) is 6.26. The summed E-state index contributed by atoms with van der Waals surface area (Å²) in [5.41, 5.74) is 0.552. The largest absolute Gasteiger partial charge is 0.394 e. The minimum Gasteiger partial charge on any atom is -0.394 e. The van der Waals surface area contributed by atoms with Gasteiger partial charge in [-0.1, -0.05) is 0 Å². The summed E-state index contributed by atoms with van der Waals surface area (Å²) in [6.07, 6.45) is -1.86. The van der Waals surface area contributed by atoms with Crippen LogP contribution in [-0.2, 0) is 11.2 Å². The average Bonchev–Trinajstić information content (AvgIpc) is 2.87. The van der Waals surface area contributed by atoms with Gasteiger partial charge in [0.15, 0.2) is 12.0 Å². The number of aromatic nitrogens is 2. The molecular weight excluding hydrogens is 268 g/mol. The van der Waals surface area contributed by atoms with Gasteiger partial charge in [0.25, 0.3) is 0 Å². The van der Waals surface area contributed by atoms with E-state index >= 15 is 0 Å². The quantitative estimate of drug-likeness (QED) is 0.409. The Balaban J connectivity index is 1.92. The number of nitrogens with one attached hydrogen (secondary N) is 1. The van der Waals surface area contributed by atoms with Crippen LogP contribution in [0.3, 0.4) is 0 Å². The van der Waals surface area contributed by atoms with Gasteiger partial charge in [-0.2, -0.15) is 0 Å². The van der Waals surface area contributed by atoms with E-state index in [1.807, 2.05) is 0 Å². The van der Waals surface area contributed by atoms with Crippen LogP contribution in [0, 0.1) is 0 Å². The van der Waals surface area contributed by atoms with Crippen molar-refractivity contribution in [3.8, 4) is 0 Å². The molecule has 9 nitrogen and oxygen atoms in total. The number of aliphatic hydroxyl groups is 4. The summed E-state index contributed by atoms with van der Waals surface area (Å²) >= 11 is 0. The van der Waals surface area contributed by atoms with E-state index in [-0.39, 0.29) is 6.42 Å². The number of aliphatic imine (C=N–C) groups is 1. The zero-order valence-electron chi connectivity index (χ0n) is 10.5. The predicted molar refractivity (Wildman–Crippen MR) is 66.2 cm³/mol. The Labute approximate surface area is 114 Å². The second-order valence-corrected chi connectivity index (χ2v) is 4.80. The van der Waals surface area contributed by atoms with Crippen molar-refractivity contribution < 1.29 is 25.2 Å². The number of imidazole rings is 1. The lowest BCUT2D eigenvalue weighted by Gasteiger charge is -2.17. The molecule has 0 radical (unpaired) electrons. The molecule has 1 aromatic rings. The van der Waals surface area contributed by atoms with Gasteiger partial charge in [-0.25, -0.2) is 9.98 Å². The van der Waals surface area contributed by atoms with Gasteiger partial charge in [0.2, 0.25) is 0 Å². The molecule has 3 heterocycles. The van der Waals surface area contributed by atoms with Crippen LogP contribution in [-0.4, -0.2) is 67.5 Å². The minimum atomic E-state index is -1.19. The number of fused-ring (bicyclic) bond motifs is 1. The molecule has 2 aliphatic rings. The molecule has 20 heavy (non-hydrogen) atoms. The average molecular weight is 284 g/mol. The Hall–Kier alpha value is -1.52. The van der Waals surface area contributed by atoms with Crippen molar-refractivity contribution >= 4 is 12.2 Å². The van der Waals surface area contributed by atoms with Gasteiger partial charge in [0.1, 0.15) is 24.5 Å². The van der Waals surface area contributed by atoms with Crippen molar-refractivity contribution in [1.29, 1.82) is 0 Å².